The lowest BCUT2D eigenvalue weighted by Crippen LogP contribution is -2.00. The van der Waals surface area contributed by atoms with E-state index in [9.17, 15) is 0 Å². The van der Waals surface area contributed by atoms with Crippen molar-refractivity contribution >= 4 is 32.6 Å². The van der Waals surface area contributed by atoms with Gasteiger partial charge in [-0.05, 0) is 63.4 Å². The van der Waals surface area contributed by atoms with Crippen LogP contribution in [0.25, 0.3) is 94.7 Å². The molecule has 53 heavy (non-hydrogen) atoms. The van der Waals surface area contributed by atoms with Crippen molar-refractivity contribution in [3.05, 3.63) is 194 Å². The van der Waals surface area contributed by atoms with Gasteiger partial charge in [0.2, 0.25) is 0 Å². The van der Waals surface area contributed by atoms with Gasteiger partial charge >= 0.3 is 0 Å². The summed E-state index contributed by atoms with van der Waals surface area (Å²) in [5.74, 6) is 1.91. The molecule has 2 aromatic heterocycles. The summed E-state index contributed by atoms with van der Waals surface area (Å²) in [5, 5.41) is 5.04. The molecule has 0 radical (unpaired) electrons. The fourth-order valence-electron chi connectivity index (χ4n) is 7.47. The average molecular weight is 677 g/mol. The predicted octanol–water partition coefficient (Wildman–Crippen LogP) is 12.5. The van der Waals surface area contributed by atoms with E-state index in [0.29, 0.717) is 17.5 Å². The molecule has 8 aromatic carbocycles. The lowest BCUT2D eigenvalue weighted by molar-refractivity contribution is 1.07. The number of aromatic nitrogens is 4. The summed E-state index contributed by atoms with van der Waals surface area (Å²) in [4.78, 5) is 15.1. The van der Waals surface area contributed by atoms with Gasteiger partial charge < -0.3 is 4.57 Å². The molecule has 0 fully saturated rings. The highest BCUT2D eigenvalue weighted by atomic mass is 15.0. The molecule has 4 heteroatoms. The Labute approximate surface area is 307 Å². The van der Waals surface area contributed by atoms with Crippen LogP contribution in [0.1, 0.15) is 0 Å². The van der Waals surface area contributed by atoms with Gasteiger partial charge in [0.1, 0.15) is 0 Å². The van der Waals surface area contributed by atoms with Crippen LogP contribution < -0.4 is 0 Å². The van der Waals surface area contributed by atoms with Gasteiger partial charge in [-0.1, -0.05) is 164 Å². The molecule has 0 saturated carbocycles. The molecule has 0 amide bonds. The minimum absolute atomic E-state index is 0.633. The maximum Gasteiger partial charge on any atom is 0.164 e. The Morgan fingerprint density at radius 3 is 1.57 bits per heavy atom. The highest BCUT2D eigenvalue weighted by molar-refractivity contribution is 6.21. The molecule has 0 unspecified atom stereocenters. The predicted molar refractivity (Wildman–Crippen MR) is 219 cm³/mol. The van der Waals surface area contributed by atoms with Crippen LogP contribution in [-0.4, -0.2) is 19.5 Å². The zero-order valence-corrected chi connectivity index (χ0v) is 28.8. The Balaban J connectivity index is 1.07. The minimum atomic E-state index is 0.633. The molecule has 0 spiro atoms. The minimum Gasteiger partial charge on any atom is -0.309 e. The summed E-state index contributed by atoms with van der Waals surface area (Å²) in [6.07, 6.45) is 0. The van der Waals surface area contributed by atoms with Crippen LogP contribution in [0.2, 0.25) is 0 Å². The van der Waals surface area contributed by atoms with E-state index in [2.05, 4.69) is 162 Å². The molecular formula is C49H32N4. The summed E-state index contributed by atoms with van der Waals surface area (Å²) in [6.45, 7) is 0. The third-order valence-electron chi connectivity index (χ3n) is 10.0. The fraction of sp³-hybridized carbons (Fsp3) is 0. The lowest BCUT2D eigenvalue weighted by Gasteiger charge is -2.12. The van der Waals surface area contributed by atoms with Crippen LogP contribution in [0, 0.1) is 0 Å². The molecule has 0 aliphatic carbocycles. The molecule has 2 heterocycles. The molecule has 0 N–H and O–H groups in total. The summed E-state index contributed by atoms with van der Waals surface area (Å²) in [6, 6.07) is 68.1. The van der Waals surface area contributed by atoms with E-state index in [4.69, 9.17) is 15.0 Å². The standard InChI is InChI=1S/C49H32N4/c1-3-13-33(14-4-1)34-25-27-37(28-26-34)48-50-47(36-16-5-2-6-17-36)51-49(52-48)40-20-11-18-38(31-40)39-19-12-21-41(32-39)53-44-24-10-9-23-43(44)46-42-22-8-7-15-35(42)29-30-45(46)53/h1-32H. The van der Waals surface area contributed by atoms with Crippen molar-refractivity contribution in [1.29, 1.82) is 0 Å². The van der Waals surface area contributed by atoms with E-state index < -0.39 is 0 Å². The van der Waals surface area contributed by atoms with Gasteiger partial charge in [-0.25, -0.2) is 15.0 Å². The maximum atomic E-state index is 5.06. The Bertz CT molecular complexity index is 2930. The molecular weight excluding hydrogens is 645 g/mol. The van der Waals surface area contributed by atoms with Crippen molar-refractivity contribution in [2.45, 2.75) is 0 Å². The van der Waals surface area contributed by atoms with Gasteiger partial charge in [0.05, 0.1) is 11.0 Å². The topological polar surface area (TPSA) is 43.6 Å². The Morgan fingerprint density at radius 1 is 0.302 bits per heavy atom. The second-order valence-corrected chi connectivity index (χ2v) is 13.3. The fourth-order valence-corrected chi connectivity index (χ4v) is 7.47. The van der Waals surface area contributed by atoms with Gasteiger partial charge in [0, 0.05) is 33.2 Å². The molecule has 10 rings (SSSR count). The zero-order chi connectivity index (χ0) is 35.1. The number of hydrogen-bond donors (Lipinski definition) is 0. The van der Waals surface area contributed by atoms with Crippen molar-refractivity contribution in [2.24, 2.45) is 0 Å². The second-order valence-electron chi connectivity index (χ2n) is 13.3. The molecule has 10 aromatic rings. The van der Waals surface area contributed by atoms with Gasteiger partial charge in [0.15, 0.2) is 17.5 Å². The number of benzene rings is 8. The maximum absolute atomic E-state index is 5.06. The Hall–Kier alpha value is -7.17. The monoisotopic (exact) mass is 676 g/mol. The van der Waals surface area contributed by atoms with Crippen molar-refractivity contribution in [3.8, 4) is 62.1 Å². The summed E-state index contributed by atoms with van der Waals surface area (Å²) < 4.78 is 2.39. The quantitative estimate of drug-likeness (QED) is 0.176. The zero-order valence-electron chi connectivity index (χ0n) is 28.8. The Morgan fingerprint density at radius 2 is 0.811 bits per heavy atom. The first kappa shape index (κ1) is 30.6. The first-order valence-electron chi connectivity index (χ1n) is 17.9. The first-order valence-corrected chi connectivity index (χ1v) is 17.9. The number of para-hydroxylation sites is 1. The van der Waals surface area contributed by atoms with Crippen LogP contribution in [-0.2, 0) is 0 Å². The van der Waals surface area contributed by atoms with Crippen LogP contribution in [0.3, 0.4) is 0 Å². The molecule has 0 bridgehead atoms. The lowest BCUT2D eigenvalue weighted by atomic mass is 10.0. The van der Waals surface area contributed by atoms with Crippen molar-refractivity contribution in [2.75, 3.05) is 0 Å². The third-order valence-corrected chi connectivity index (χ3v) is 10.0. The van der Waals surface area contributed by atoms with Crippen molar-refractivity contribution in [3.63, 3.8) is 0 Å². The van der Waals surface area contributed by atoms with Gasteiger partial charge in [-0.2, -0.15) is 0 Å². The van der Waals surface area contributed by atoms with Crippen LogP contribution in [0.5, 0.6) is 0 Å². The van der Waals surface area contributed by atoms with Crippen molar-refractivity contribution < 1.29 is 0 Å². The SMILES string of the molecule is c1ccc(-c2ccc(-c3nc(-c4ccccc4)nc(-c4cccc(-c5cccc(-n6c7ccccc7c7c8ccccc8ccc76)c5)c4)n3)cc2)cc1. The van der Waals surface area contributed by atoms with E-state index in [1.807, 2.05) is 36.4 Å². The number of nitrogens with zero attached hydrogens (tertiary/aromatic N) is 4. The highest BCUT2D eigenvalue weighted by Gasteiger charge is 2.16. The molecule has 4 nitrogen and oxygen atoms in total. The molecule has 0 aliphatic rings. The average Bonchev–Trinajstić information content (AvgIpc) is 3.59. The number of hydrogen-bond acceptors (Lipinski definition) is 3. The van der Waals surface area contributed by atoms with E-state index in [1.165, 1.54) is 38.1 Å². The highest BCUT2D eigenvalue weighted by Crippen LogP contribution is 2.38. The van der Waals surface area contributed by atoms with E-state index in [1.54, 1.807) is 0 Å². The molecule has 248 valence electrons. The first-order chi connectivity index (χ1) is 26.3. The van der Waals surface area contributed by atoms with Crippen LogP contribution in [0.15, 0.2) is 194 Å². The number of fused-ring (bicyclic) bond motifs is 5. The normalized spacial score (nSPS) is 11.4. The van der Waals surface area contributed by atoms with E-state index in [0.717, 1.165) is 39.1 Å². The largest absolute Gasteiger partial charge is 0.309 e. The molecule has 0 aliphatic heterocycles. The third kappa shape index (κ3) is 5.54. The van der Waals surface area contributed by atoms with Gasteiger partial charge in [0.25, 0.3) is 0 Å². The molecule has 0 atom stereocenters. The number of rotatable bonds is 6. The molecule has 0 saturated heterocycles. The summed E-state index contributed by atoms with van der Waals surface area (Å²) >= 11 is 0. The Kier molecular flexibility index (Phi) is 7.43. The second kappa shape index (κ2) is 12.9. The summed E-state index contributed by atoms with van der Waals surface area (Å²) in [7, 11) is 0. The smallest absolute Gasteiger partial charge is 0.164 e. The van der Waals surface area contributed by atoms with Crippen molar-refractivity contribution in [1.82, 2.24) is 19.5 Å². The van der Waals surface area contributed by atoms with E-state index >= 15 is 0 Å². The van der Waals surface area contributed by atoms with Crippen LogP contribution in [0.4, 0.5) is 0 Å². The summed E-state index contributed by atoms with van der Waals surface area (Å²) in [5.41, 5.74) is 10.8. The van der Waals surface area contributed by atoms with Crippen LogP contribution >= 0.6 is 0 Å². The van der Waals surface area contributed by atoms with Gasteiger partial charge in [-0.3, -0.25) is 0 Å². The van der Waals surface area contributed by atoms with E-state index in [-0.39, 0.29) is 0 Å². The van der Waals surface area contributed by atoms with Gasteiger partial charge in [-0.15, -0.1) is 0 Å².